The van der Waals surface area contributed by atoms with Crippen molar-refractivity contribution in [1.29, 1.82) is 0 Å². The van der Waals surface area contributed by atoms with Crippen LogP contribution in [0.3, 0.4) is 0 Å². The summed E-state index contributed by atoms with van der Waals surface area (Å²) < 4.78 is 0. The van der Waals surface area contributed by atoms with Crippen molar-refractivity contribution in [2.24, 2.45) is 17.3 Å². The number of likely N-dealkylation sites (tertiary alicyclic amines) is 2. The fourth-order valence-corrected chi connectivity index (χ4v) is 4.68. The Morgan fingerprint density at radius 1 is 1.00 bits per heavy atom. The van der Waals surface area contributed by atoms with E-state index in [0.29, 0.717) is 30.8 Å². The van der Waals surface area contributed by atoms with Crippen molar-refractivity contribution in [2.75, 3.05) is 26.2 Å². The zero-order valence-corrected chi connectivity index (χ0v) is 15.7. The molecular weight excluding hydrogens is 302 g/mol. The molecule has 5 atom stereocenters. The van der Waals surface area contributed by atoms with Crippen molar-refractivity contribution >= 4 is 11.8 Å². The molecule has 3 fully saturated rings. The number of hydrogen-bond donors (Lipinski definition) is 1. The third kappa shape index (κ3) is 2.96. The minimum atomic E-state index is -0.527. The van der Waals surface area contributed by atoms with Crippen molar-refractivity contribution in [2.45, 2.75) is 65.5 Å². The van der Waals surface area contributed by atoms with E-state index in [1.54, 1.807) is 0 Å². The minimum absolute atomic E-state index is 0.170. The van der Waals surface area contributed by atoms with Gasteiger partial charge in [0.05, 0.1) is 5.41 Å². The monoisotopic (exact) mass is 335 g/mol. The van der Waals surface area contributed by atoms with Crippen LogP contribution in [0.4, 0.5) is 0 Å². The Kier molecular flexibility index (Phi) is 4.92. The highest BCUT2D eigenvalue weighted by Crippen LogP contribution is 2.37. The van der Waals surface area contributed by atoms with E-state index in [2.05, 4.69) is 33.0 Å². The zero-order valence-electron chi connectivity index (χ0n) is 15.7. The smallest absolute Gasteiger partial charge is 0.230 e. The maximum Gasteiger partial charge on any atom is 0.230 e. The molecule has 0 spiro atoms. The van der Waals surface area contributed by atoms with E-state index in [9.17, 15) is 9.59 Å². The van der Waals surface area contributed by atoms with E-state index in [4.69, 9.17) is 0 Å². The molecule has 0 saturated carbocycles. The molecular formula is C19H33N3O2. The van der Waals surface area contributed by atoms with Gasteiger partial charge in [0.2, 0.25) is 11.8 Å². The molecule has 0 aromatic rings. The lowest BCUT2D eigenvalue weighted by atomic mass is 9.81. The SMILES string of the molecule is CC1CCN(C(=O)CC2(C(=O)N3CCC(C)C3C)CCNC2)C1C. The van der Waals surface area contributed by atoms with Gasteiger partial charge in [-0.15, -0.1) is 0 Å². The van der Waals surface area contributed by atoms with Gasteiger partial charge in [0.25, 0.3) is 0 Å². The number of nitrogens with zero attached hydrogens (tertiary/aromatic N) is 2. The van der Waals surface area contributed by atoms with Gasteiger partial charge in [-0.1, -0.05) is 13.8 Å². The first kappa shape index (κ1) is 17.7. The third-order valence-electron chi connectivity index (χ3n) is 7.05. The van der Waals surface area contributed by atoms with Gasteiger partial charge in [0, 0.05) is 38.1 Å². The molecule has 1 N–H and O–H groups in total. The Hall–Kier alpha value is -1.10. The maximum absolute atomic E-state index is 13.3. The molecule has 2 amide bonds. The van der Waals surface area contributed by atoms with Crippen molar-refractivity contribution in [3.8, 4) is 0 Å². The van der Waals surface area contributed by atoms with Crippen LogP contribution in [0.5, 0.6) is 0 Å². The van der Waals surface area contributed by atoms with Gasteiger partial charge in [0.1, 0.15) is 0 Å². The molecule has 0 aromatic carbocycles. The quantitative estimate of drug-likeness (QED) is 0.857. The van der Waals surface area contributed by atoms with Gasteiger partial charge in [-0.25, -0.2) is 0 Å². The summed E-state index contributed by atoms with van der Waals surface area (Å²) in [5.41, 5.74) is -0.527. The zero-order chi connectivity index (χ0) is 17.5. The summed E-state index contributed by atoms with van der Waals surface area (Å²) in [6, 6.07) is 0.584. The van der Waals surface area contributed by atoms with Crippen LogP contribution in [-0.4, -0.2) is 59.9 Å². The molecule has 3 saturated heterocycles. The molecule has 3 aliphatic heterocycles. The molecule has 136 valence electrons. The van der Waals surface area contributed by atoms with Gasteiger partial charge >= 0.3 is 0 Å². The highest BCUT2D eigenvalue weighted by molar-refractivity contribution is 5.90. The summed E-state index contributed by atoms with van der Waals surface area (Å²) in [5, 5.41) is 3.34. The lowest BCUT2D eigenvalue weighted by Gasteiger charge is -2.36. The average Bonchev–Trinajstić information content (AvgIpc) is 3.23. The predicted octanol–water partition coefficient (Wildman–Crippen LogP) is 1.87. The second-order valence-corrected chi connectivity index (χ2v) is 8.48. The predicted molar refractivity (Wildman–Crippen MR) is 94.4 cm³/mol. The summed E-state index contributed by atoms with van der Waals surface area (Å²) in [7, 11) is 0. The number of carbonyl (C=O) groups is 2. The minimum Gasteiger partial charge on any atom is -0.340 e. The molecule has 0 aromatic heterocycles. The molecule has 0 radical (unpaired) electrons. The van der Waals surface area contributed by atoms with E-state index >= 15 is 0 Å². The molecule has 5 unspecified atom stereocenters. The Bertz CT molecular complexity index is 501. The highest BCUT2D eigenvalue weighted by Gasteiger charge is 2.49. The van der Waals surface area contributed by atoms with Crippen LogP contribution < -0.4 is 5.32 Å². The van der Waals surface area contributed by atoms with Crippen molar-refractivity contribution < 1.29 is 9.59 Å². The normalized spacial score (nSPS) is 39.7. The molecule has 24 heavy (non-hydrogen) atoms. The van der Waals surface area contributed by atoms with E-state index < -0.39 is 5.41 Å². The summed E-state index contributed by atoms with van der Waals surface area (Å²) in [6.45, 7) is 11.9. The van der Waals surface area contributed by atoms with Crippen LogP contribution >= 0.6 is 0 Å². The standard InChI is InChI=1S/C19H33N3O2/c1-13-5-9-21(15(13)3)17(23)11-19(7-8-20-12-19)18(24)22-10-6-14(2)16(22)4/h13-16,20H,5-12H2,1-4H3. The molecule has 0 bridgehead atoms. The van der Waals surface area contributed by atoms with Crippen molar-refractivity contribution in [1.82, 2.24) is 15.1 Å². The summed E-state index contributed by atoms with van der Waals surface area (Å²) in [4.78, 5) is 30.3. The van der Waals surface area contributed by atoms with Crippen LogP contribution in [-0.2, 0) is 9.59 Å². The van der Waals surface area contributed by atoms with Crippen molar-refractivity contribution in [3.63, 3.8) is 0 Å². The van der Waals surface area contributed by atoms with Gasteiger partial charge in [0.15, 0.2) is 0 Å². The molecule has 0 aliphatic carbocycles. The number of amides is 2. The van der Waals surface area contributed by atoms with Crippen LogP contribution in [0.25, 0.3) is 0 Å². The Balaban J connectivity index is 1.74. The van der Waals surface area contributed by atoms with Crippen LogP contribution in [0.15, 0.2) is 0 Å². The summed E-state index contributed by atoms with van der Waals surface area (Å²) in [6.07, 6.45) is 3.30. The molecule has 5 nitrogen and oxygen atoms in total. The Morgan fingerprint density at radius 2 is 1.58 bits per heavy atom. The van der Waals surface area contributed by atoms with Crippen LogP contribution in [0.2, 0.25) is 0 Å². The lowest BCUT2D eigenvalue weighted by Crippen LogP contribution is -2.50. The number of nitrogens with one attached hydrogen (secondary N) is 1. The summed E-state index contributed by atoms with van der Waals surface area (Å²) in [5.74, 6) is 1.48. The first-order chi connectivity index (χ1) is 11.4. The van der Waals surface area contributed by atoms with E-state index in [1.807, 2.05) is 9.80 Å². The van der Waals surface area contributed by atoms with E-state index in [0.717, 1.165) is 38.9 Å². The topological polar surface area (TPSA) is 52.7 Å². The second kappa shape index (κ2) is 6.66. The largest absolute Gasteiger partial charge is 0.340 e. The molecule has 5 heteroatoms. The fourth-order valence-electron chi connectivity index (χ4n) is 4.68. The maximum atomic E-state index is 13.3. The lowest BCUT2D eigenvalue weighted by molar-refractivity contribution is -0.148. The summed E-state index contributed by atoms with van der Waals surface area (Å²) >= 11 is 0. The fraction of sp³-hybridized carbons (Fsp3) is 0.895. The van der Waals surface area contributed by atoms with E-state index in [1.165, 1.54) is 0 Å². The van der Waals surface area contributed by atoms with Gasteiger partial charge in [-0.2, -0.15) is 0 Å². The molecule has 3 aliphatic rings. The Labute approximate surface area is 146 Å². The van der Waals surface area contributed by atoms with Crippen LogP contribution in [0.1, 0.15) is 53.4 Å². The van der Waals surface area contributed by atoms with E-state index in [-0.39, 0.29) is 17.9 Å². The number of carbonyl (C=O) groups excluding carboxylic acids is 2. The van der Waals surface area contributed by atoms with Crippen molar-refractivity contribution in [3.05, 3.63) is 0 Å². The first-order valence-corrected chi connectivity index (χ1v) is 9.67. The van der Waals surface area contributed by atoms with Gasteiger partial charge in [-0.05, 0) is 51.5 Å². The number of rotatable bonds is 3. The highest BCUT2D eigenvalue weighted by atomic mass is 16.2. The van der Waals surface area contributed by atoms with Gasteiger partial charge < -0.3 is 15.1 Å². The second-order valence-electron chi connectivity index (χ2n) is 8.48. The average molecular weight is 335 g/mol. The first-order valence-electron chi connectivity index (χ1n) is 9.67. The third-order valence-corrected chi connectivity index (χ3v) is 7.05. The van der Waals surface area contributed by atoms with Gasteiger partial charge in [-0.3, -0.25) is 9.59 Å². The molecule has 3 rings (SSSR count). The number of hydrogen-bond acceptors (Lipinski definition) is 3. The molecule has 3 heterocycles. The Morgan fingerprint density at radius 3 is 2.04 bits per heavy atom. The van der Waals surface area contributed by atoms with Crippen LogP contribution in [0, 0.1) is 17.3 Å².